The molecule has 0 radical (unpaired) electrons. The summed E-state index contributed by atoms with van der Waals surface area (Å²) in [6, 6.07) is 9.61. The second-order valence-electron chi connectivity index (χ2n) is 6.72. The average Bonchev–Trinajstić information content (AvgIpc) is 3.31. The molecule has 0 bridgehead atoms. The highest BCUT2D eigenvalue weighted by atomic mass is 16.2. The van der Waals surface area contributed by atoms with Gasteiger partial charge in [-0.25, -0.2) is 9.67 Å². The van der Waals surface area contributed by atoms with E-state index in [0.29, 0.717) is 25.3 Å². The number of carbonyl (C=O) groups is 2. The lowest BCUT2D eigenvalue weighted by molar-refractivity contribution is -0.129. The van der Waals surface area contributed by atoms with E-state index in [4.69, 9.17) is 0 Å². The van der Waals surface area contributed by atoms with Gasteiger partial charge in [0.25, 0.3) is 5.91 Å². The molecule has 29 heavy (non-hydrogen) atoms. The molecule has 8 nitrogen and oxygen atoms in total. The average molecular weight is 388 g/mol. The van der Waals surface area contributed by atoms with E-state index in [-0.39, 0.29) is 23.6 Å². The SMILES string of the molecule is C=CC(=O)N1Cc2ccccc2CC1CNC(=O)c1cncc(-n2cccn2)n1. The number of hydrogen-bond donors (Lipinski definition) is 1. The zero-order chi connectivity index (χ0) is 20.2. The molecule has 0 fully saturated rings. The summed E-state index contributed by atoms with van der Waals surface area (Å²) < 4.78 is 1.53. The molecule has 0 aliphatic carbocycles. The molecule has 4 rings (SSSR count). The number of aromatic nitrogens is 4. The lowest BCUT2D eigenvalue weighted by Crippen LogP contribution is -2.49. The standard InChI is InChI=1S/C21H20N6O2/c1-2-20(28)26-14-16-7-4-3-6-15(16)10-17(26)11-23-21(29)18-12-22-13-19(25-18)27-9-5-8-24-27/h2-9,12-13,17H,1,10-11,14H2,(H,23,29). The van der Waals surface area contributed by atoms with E-state index in [2.05, 4.69) is 33.0 Å². The van der Waals surface area contributed by atoms with Crippen LogP contribution in [0.1, 0.15) is 21.6 Å². The third-order valence-electron chi connectivity index (χ3n) is 4.90. The first-order chi connectivity index (χ1) is 14.2. The predicted molar refractivity (Wildman–Crippen MR) is 106 cm³/mol. The molecule has 1 atom stereocenters. The van der Waals surface area contributed by atoms with Crippen molar-refractivity contribution in [2.24, 2.45) is 0 Å². The Morgan fingerprint density at radius 1 is 1.21 bits per heavy atom. The van der Waals surface area contributed by atoms with Crippen molar-refractivity contribution in [1.82, 2.24) is 30.0 Å². The molecule has 1 unspecified atom stereocenters. The molecule has 2 aromatic heterocycles. The Morgan fingerprint density at radius 3 is 2.79 bits per heavy atom. The largest absolute Gasteiger partial charge is 0.349 e. The topological polar surface area (TPSA) is 93.0 Å². The van der Waals surface area contributed by atoms with Gasteiger partial charge in [0.15, 0.2) is 5.82 Å². The Balaban J connectivity index is 1.48. The van der Waals surface area contributed by atoms with Crippen LogP contribution in [0.25, 0.3) is 5.82 Å². The van der Waals surface area contributed by atoms with Crippen LogP contribution in [0.3, 0.4) is 0 Å². The van der Waals surface area contributed by atoms with Crippen molar-refractivity contribution in [3.05, 3.63) is 84.6 Å². The highest BCUT2D eigenvalue weighted by molar-refractivity contribution is 5.92. The van der Waals surface area contributed by atoms with Gasteiger partial charge in [-0.05, 0) is 29.7 Å². The van der Waals surface area contributed by atoms with Crippen LogP contribution in [0.2, 0.25) is 0 Å². The molecule has 146 valence electrons. The summed E-state index contributed by atoms with van der Waals surface area (Å²) in [5.74, 6) is -0.0479. The molecule has 1 N–H and O–H groups in total. The van der Waals surface area contributed by atoms with Crippen molar-refractivity contribution < 1.29 is 9.59 Å². The fraction of sp³-hybridized carbons (Fsp3) is 0.190. The minimum Gasteiger partial charge on any atom is -0.349 e. The number of hydrogen-bond acceptors (Lipinski definition) is 5. The quantitative estimate of drug-likeness (QED) is 0.669. The highest BCUT2D eigenvalue weighted by Crippen LogP contribution is 2.23. The van der Waals surface area contributed by atoms with Crippen molar-refractivity contribution in [3.8, 4) is 5.82 Å². The Kier molecular flexibility index (Phi) is 5.15. The zero-order valence-electron chi connectivity index (χ0n) is 15.7. The number of carbonyl (C=O) groups excluding carboxylic acids is 2. The summed E-state index contributed by atoms with van der Waals surface area (Å²) in [7, 11) is 0. The molecule has 8 heteroatoms. The van der Waals surface area contributed by atoms with Crippen LogP contribution < -0.4 is 5.32 Å². The Bertz CT molecular complexity index is 1050. The summed E-state index contributed by atoms with van der Waals surface area (Å²) in [6.07, 6.45) is 8.26. The number of nitrogens with one attached hydrogen (secondary N) is 1. The number of nitrogens with zero attached hydrogens (tertiary/aromatic N) is 5. The third kappa shape index (κ3) is 3.91. The van der Waals surface area contributed by atoms with E-state index in [0.717, 1.165) is 5.56 Å². The molecule has 1 aliphatic rings. The zero-order valence-corrected chi connectivity index (χ0v) is 15.7. The molecule has 0 spiro atoms. The maximum Gasteiger partial charge on any atom is 0.271 e. The van der Waals surface area contributed by atoms with E-state index in [9.17, 15) is 9.59 Å². The lowest BCUT2D eigenvalue weighted by Gasteiger charge is -2.36. The number of amides is 2. The number of rotatable bonds is 5. The van der Waals surface area contributed by atoms with Gasteiger partial charge in [-0.2, -0.15) is 5.10 Å². The summed E-state index contributed by atoms with van der Waals surface area (Å²) in [6.45, 7) is 4.40. The van der Waals surface area contributed by atoms with E-state index in [1.165, 1.54) is 28.7 Å². The highest BCUT2D eigenvalue weighted by Gasteiger charge is 2.28. The van der Waals surface area contributed by atoms with Crippen LogP contribution in [0.5, 0.6) is 0 Å². The summed E-state index contributed by atoms with van der Waals surface area (Å²) >= 11 is 0. The van der Waals surface area contributed by atoms with Crippen LogP contribution in [0.15, 0.2) is 67.8 Å². The Hall–Kier alpha value is -3.81. The second kappa shape index (κ2) is 8.05. The van der Waals surface area contributed by atoms with Crippen molar-refractivity contribution in [1.29, 1.82) is 0 Å². The molecule has 1 aromatic carbocycles. The second-order valence-corrected chi connectivity index (χ2v) is 6.72. The van der Waals surface area contributed by atoms with Crippen LogP contribution in [0, 0.1) is 0 Å². The van der Waals surface area contributed by atoms with Gasteiger partial charge < -0.3 is 10.2 Å². The molecule has 3 heterocycles. The molecular weight excluding hydrogens is 368 g/mol. The Labute approximate surface area is 167 Å². The first-order valence-electron chi connectivity index (χ1n) is 9.26. The van der Waals surface area contributed by atoms with E-state index >= 15 is 0 Å². The van der Waals surface area contributed by atoms with Crippen molar-refractivity contribution in [2.75, 3.05) is 6.54 Å². The van der Waals surface area contributed by atoms with Crippen LogP contribution in [-0.4, -0.2) is 49.0 Å². The maximum absolute atomic E-state index is 12.6. The summed E-state index contributed by atoms with van der Waals surface area (Å²) in [5.41, 5.74) is 2.49. The minimum atomic E-state index is -0.351. The van der Waals surface area contributed by atoms with E-state index < -0.39 is 0 Å². The summed E-state index contributed by atoms with van der Waals surface area (Å²) in [5, 5.41) is 6.98. The minimum absolute atomic E-state index is 0.153. The molecule has 2 amide bonds. The van der Waals surface area contributed by atoms with E-state index in [1.807, 2.05) is 18.2 Å². The fourth-order valence-electron chi connectivity index (χ4n) is 3.43. The van der Waals surface area contributed by atoms with Gasteiger partial charge in [-0.3, -0.25) is 14.6 Å². The fourth-order valence-corrected chi connectivity index (χ4v) is 3.43. The molecular formula is C21H20N6O2. The molecule has 0 saturated heterocycles. The van der Waals surface area contributed by atoms with Gasteiger partial charge in [0, 0.05) is 25.5 Å². The van der Waals surface area contributed by atoms with Crippen molar-refractivity contribution in [3.63, 3.8) is 0 Å². The molecule has 3 aromatic rings. The number of benzene rings is 1. The smallest absolute Gasteiger partial charge is 0.271 e. The third-order valence-corrected chi connectivity index (χ3v) is 4.90. The lowest BCUT2D eigenvalue weighted by atomic mass is 9.93. The van der Waals surface area contributed by atoms with Gasteiger partial charge in [-0.15, -0.1) is 0 Å². The normalized spacial score (nSPS) is 15.4. The summed E-state index contributed by atoms with van der Waals surface area (Å²) in [4.78, 5) is 35.1. The van der Waals surface area contributed by atoms with Gasteiger partial charge in [-0.1, -0.05) is 30.8 Å². The van der Waals surface area contributed by atoms with Crippen molar-refractivity contribution in [2.45, 2.75) is 19.0 Å². The first-order valence-corrected chi connectivity index (χ1v) is 9.26. The molecule has 0 saturated carbocycles. The van der Waals surface area contributed by atoms with Crippen LogP contribution in [-0.2, 0) is 17.8 Å². The number of fused-ring (bicyclic) bond motifs is 1. The van der Waals surface area contributed by atoms with Gasteiger partial charge >= 0.3 is 0 Å². The maximum atomic E-state index is 12.6. The first kappa shape index (κ1) is 18.5. The van der Waals surface area contributed by atoms with E-state index in [1.54, 1.807) is 23.4 Å². The monoisotopic (exact) mass is 388 g/mol. The predicted octanol–water partition coefficient (Wildman–Crippen LogP) is 1.53. The van der Waals surface area contributed by atoms with Gasteiger partial charge in [0.1, 0.15) is 5.69 Å². The molecule has 1 aliphatic heterocycles. The van der Waals surface area contributed by atoms with Crippen molar-refractivity contribution >= 4 is 11.8 Å². The van der Waals surface area contributed by atoms with Crippen LogP contribution in [0.4, 0.5) is 0 Å². The van der Waals surface area contributed by atoms with Gasteiger partial charge in [0.2, 0.25) is 5.91 Å². The van der Waals surface area contributed by atoms with Gasteiger partial charge in [0.05, 0.1) is 18.4 Å². The Morgan fingerprint density at radius 2 is 2.03 bits per heavy atom. The van der Waals surface area contributed by atoms with Crippen LogP contribution >= 0.6 is 0 Å².